The van der Waals surface area contributed by atoms with E-state index in [1.165, 1.54) is 12.1 Å². The number of rotatable bonds is 5. The van der Waals surface area contributed by atoms with Crippen LogP contribution in [0.1, 0.15) is 30.6 Å². The molecular weight excluding hydrogens is 236 g/mol. The SMILES string of the molecule is CCOC(=O)CC(O)C(O)c1cc(O)ccc1C. The Morgan fingerprint density at radius 3 is 2.67 bits per heavy atom. The summed E-state index contributed by atoms with van der Waals surface area (Å²) in [6.45, 7) is 3.64. The highest BCUT2D eigenvalue weighted by molar-refractivity contribution is 5.70. The molecule has 1 aromatic carbocycles. The Hall–Kier alpha value is -1.59. The highest BCUT2D eigenvalue weighted by atomic mass is 16.5. The molecular formula is C13H18O5. The topological polar surface area (TPSA) is 87.0 Å². The van der Waals surface area contributed by atoms with E-state index in [4.69, 9.17) is 4.74 Å². The van der Waals surface area contributed by atoms with Crippen LogP contribution in [-0.2, 0) is 9.53 Å². The minimum absolute atomic E-state index is 0.00187. The average Bonchev–Trinajstić information content (AvgIpc) is 2.31. The Morgan fingerprint density at radius 1 is 1.39 bits per heavy atom. The zero-order chi connectivity index (χ0) is 13.7. The lowest BCUT2D eigenvalue weighted by Crippen LogP contribution is -2.23. The fourth-order valence-electron chi connectivity index (χ4n) is 1.66. The van der Waals surface area contributed by atoms with Gasteiger partial charge in [-0.1, -0.05) is 6.07 Å². The first-order chi connectivity index (χ1) is 8.45. The molecule has 0 spiro atoms. The minimum atomic E-state index is -1.26. The van der Waals surface area contributed by atoms with Gasteiger partial charge in [0.2, 0.25) is 0 Å². The van der Waals surface area contributed by atoms with Crippen LogP contribution in [0.2, 0.25) is 0 Å². The number of phenols is 1. The largest absolute Gasteiger partial charge is 0.508 e. The first kappa shape index (κ1) is 14.5. The summed E-state index contributed by atoms with van der Waals surface area (Å²) in [5.41, 5.74) is 1.12. The van der Waals surface area contributed by atoms with Crippen molar-refractivity contribution >= 4 is 5.97 Å². The second-order valence-electron chi connectivity index (χ2n) is 4.06. The van der Waals surface area contributed by atoms with E-state index in [2.05, 4.69) is 0 Å². The predicted molar refractivity (Wildman–Crippen MR) is 65.1 cm³/mol. The monoisotopic (exact) mass is 254 g/mol. The number of phenolic OH excluding ortho intramolecular Hbond substituents is 1. The molecule has 0 fully saturated rings. The van der Waals surface area contributed by atoms with E-state index < -0.39 is 18.2 Å². The highest BCUT2D eigenvalue weighted by Crippen LogP contribution is 2.26. The smallest absolute Gasteiger partial charge is 0.308 e. The average molecular weight is 254 g/mol. The zero-order valence-corrected chi connectivity index (χ0v) is 10.5. The number of hydrogen-bond acceptors (Lipinski definition) is 5. The molecule has 0 saturated heterocycles. The molecule has 0 saturated carbocycles. The lowest BCUT2D eigenvalue weighted by atomic mass is 9.97. The molecule has 0 heterocycles. The van der Waals surface area contributed by atoms with E-state index in [9.17, 15) is 20.1 Å². The van der Waals surface area contributed by atoms with Gasteiger partial charge in [-0.05, 0) is 37.1 Å². The molecule has 3 N–H and O–H groups in total. The van der Waals surface area contributed by atoms with Gasteiger partial charge >= 0.3 is 5.97 Å². The van der Waals surface area contributed by atoms with Gasteiger partial charge in [-0.25, -0.2) is 0 Å². The van der Waals surface area contributed by atoms with Gasteiger partial charge < -0.3 is 20.1 Å². The van der Waals surface area contributed by atoms with Crippen LogP contribution < -0.4 is 0 Å². The molecule has 2 atom stereocenters. The number of aryl methyl sites for hydroxylation is 1. The van der Waals surface area contributed by atoms with E-state index in [1.807, 2.05) is 0 Å². The van der Waals surface area contributed by atoms with Crippen molar-refractivity contribution in [3.05, 3.63) is 29.3 Å². The first-order valence-electron chi connectivity index (χ1n) is 5.77. The second-order valence-corrected chi connectivity index (χ2v) is 4.06. The van der Waals surface area contributed by atoms with Crippen LogP contribution in [0, 0.1) is 6.92 Å². The van der Waals surface area contributed by atoms with E-state index in [0.717, 1.165) is 5.56 Å². The van der Waals surface area contributed by atoms with Crippen molar-refractivity contribution in [1.82, 2.24) is 0 Å². The van der Waals surface area contributed by atoms with Crippen molar-refractivity contribution in [2.24, 2.45) is 0 Å². The summed E-state index contributed by atoms with van der Waals surface area (Å²) in [6.07, 6.45) is -2.78. The Kier molecular flexibility index (Phi) is 5.12. The van der Waals surface area contributed by atoms with Crippen LogP contribution in [0.15, 0.2) is 18.2 Å². The summed E-state index contributed by atoms with van der Waals surface area (Å²) in [5.74, 6) is -0.570. The van der Waals surface area contributed by atoms with Crippen LogP contribution in [0.3, 0.4) is 0 Å². The van der Waals surface area contributed by atoms with E-state index >= 15 is 0 Å². The maximum atomic E-state index is 11.2. The van der Waals surface area contributed by atoms with Crippen LogP contribution in [0.5, 0.6) is 5.75 Å². The van der Waals surface area contributed by atoms with Gasteiger partial charge in [-0.15, -0.1) is 0 Å². The van der Waals surface area contributed by atoms with Gasteiger partial charge in [-0.2, -0.15) is 0 Å². The number of carbonyl (C=O) groups is 1. The van der Waals surface area contributed by atoms with Gasteiger partial charge in [0.1, 0.15) is 11.9 Å². The zero-order valence-electron chi connectivity index (χ0n) is 10.5. The van der Waals surface area contributed by atoms with Gasteiger partial charge in [0.05, 0.1) is 19.1 Å². The van der Waals surface area contributed by atoms with Gasteiger partial charge in [-0.3, -0.25) is 4.79 Å². The Labute approximate surface area is 106 Å². The van der Waals surface area contributed by atoms with Crippen molar-refractivity contribution in [2.45, 2.75) is 32.5 Å². The third-order valence-electron chi connectivity index (χ3n) is 2.63. The van der Waals surface area contributed by atoms with Crippen LogP contribution in [0.25, 0.3) is 0 Å². The third-order valence-corrected chi connectivity index (χ3v) is 2.63. The minimum Gasteiger partial charge on any atom is -0.508 e. The van der Waals surface area contributed by atoms with Crippen molar-refractivity contribution in [3.63, 3.8) is 0 Å². The molecule has 0 aliphatic rings. The summed E-state index contributed by atoms with van der Waals surface area (Å²) in [7, 11) is 0. The van der Waals surface area contributed by atoms with Gasteiger partial charge in [0.15, 0.2) is 0 Å². The maximum absolute atomic E-state index is 11.2. The molecule has 0 aliphatic heterocycles. The van der Waals surface area contributed by atoms with Crippen LogP contribution in [0.4, 0.5) is 0 Å². The normalized spacial score (nSPS) is 14.0. The molecule has 0 amide bonds. The fraction of sp³-hybridized carbons (Fsp3) is 0.462. The van der Waals surface area contributed by atoms with Crippen molar-refractivity contribution in [2.75, 3.05) is 6.61 Å². The van der Waals surface area contributed by atoms with Crippen LogP contribution >= 0.6 is 0 Å². The van der Waals surface area contributed by atoms with E-state index in [-0.39, 0.29) is 18.8 Å². The van der Waals surface area contributed by atoms with Gasteiger partial charge in [0, 0.05) is 0 Å². The molecule has 18 heavy (non-hydrogen) atoms. The summed E-state index contributed by atoms with van der Waals surface area (Å²) >= 11 is 0. The first-order valence-corrected chi connectivity index (χ1v) is 5.77. The molecule has 1 aromatic rings. The number of benzene rings is 1. The van der Waals surface area contributed by atoms with Crippen molar-refractivity contribution in [3.8, 4) is 5.75 Å². The second kappa shape index (κ2) is 6.37. The van der Waals surface area contributed by atoms with Crippen molar-refractivity contribution < 1.29 is 24.9 Å². The molecule has 5 heteroatoms. The number of hydrogen-bond donors (Lipinski definition) is 3. The predicted octanol–water partition coefficient (Wildman–Crippen LogP) is 1.05. The molecule has 2 unspecified atom stereocenters. The third kappa shape index (κ3) is 3.72. The molecule has 0 bridgehead atoms. The number of ether oxygens (including phenoxy) is 1. The molecule has 0 aromatic heterocycles. The summed E-state index contributed by atoms with van der Waals surface area (Å²) in [6, 6.07) is 4.49. The number of aliphatic hydroxyl groups is 2. The summed E-state index contributed by atoms with van der Waals surface area (Å²) in [5, 5.41) is 29.0. The standard InChI is InChI=1S/C13H18O5/c1-3-18-12(16)7-11(15)13(17)10-6-9(14)5-4-8(10)2/h4-6,11,13-15,17H,3,7H2,1-2H3. The number of esters is 1. The summed E-state index contributed by atoms with van der Waals surface area (Å²) in [4.78, 5) is 11.2. The molecule has 0 radical (unpaired) electrons. The Morgan fingerprint density at radius 2 is 2.06 bits per heavy atom. The Bertz CT molecular complexity index is 416. The maximum Gasteiger partial charge on any atom is 0.308 e. The molecule has 1 rings (SSSR count). The molecule has 0 aliphatic carbocycles. The lowest BCUT2D eigenvalue weighted by Gasteiger charge is -2.19. The number of aromatic hydroxyl groups is 1. The Balaban J connectivity index is 2.76. The number of aliphatic hydroxyl groups excluding tert-OH is 2. The van der Waals surface area contributed by atoms with E-state index in [1.54, 1.807) is 19.9 Å². The molecule has 100 valence electrons. The quantitative estimate of drug-likeness (QED) is 0.684. The number of carbonyl (C=O) groups excluding carboxylic acids is 1. The van der Waals surface area contributed by atoms with Gasteiger partial charge in [0.25, 0.3) is 0 Å². The summed E-state index contributed by atoms with van der Waals surface area (Å²) < 4.78 is 4.69. The van der Waals surface area contributed by atoms with Crippen LogP contribution in [-0.4, -0.2) is 34.0 Å². The molecule has 5 nitrogen and oxygen atoms in total. The van der Waals surface area contributed by atoms with Crippen molar-refractivity contribution in [1.29, 1.82) is 0 Å². The van der Waals surface area contributed by atoms with E-state index in [0.29, 0.717) is 5.56 Å². The highest BCUT2D eigenvalue weighted by Gasteiger charge is 2.23. The lowest BCUT2D eigenvalue weighted by molar-refractivity contribution is -0.147. The fourth-order valence-corrected chi connectivity index (χ4v) is 1.66.